The summed E-state index contributed by atoms with van der Waals surface area (Å²) in [6, 6.07) is 6.53. The molecule has 1 heterocycles. The highest BCUT2D eigenvalue weighted by molar-refractivity contribution is 8.17. The van der Waals surface area contributed by atoms with Crippen LogP contribution in [-0.4, -0.2) is 49.9 Å². The van der Waals surface area contributed by atoms with Crippen LogP contribution in [-0.2, 0) is 20.4 Å². The number of benzene rings is 1. The molecule has 11 nitrogen and oxygen atoms in total. The van der Waals surface area contributed by atoms with Gasteiger partial charge in [-0.05, 0) is 37.7 Å². The fraction of sp³-hybridized carbons (Fsp3) is 0.300. The SMILES string of the molecule is COc1cccc(C(=O)SC(CCOP(=O)(O)O)=C(C)N(C=O)Cc2cnc(C)nc2N)c1. The highest BCUT2D eigenvalue weighted by Gasteiger charge is 2.20. The third kappa shape index (κ3) is 8.26. The van der Waals surface area contributed by atoms with Gasteiger partial charge < -0.3 is 25.2 Å². The summed E-state index contributed by atoms with van der Waals surface area (Å²) < 4.78 is 20.7. The molecule has 1 aromatic carbocycles. The maximum atomic E-state index is 12.9. The Morgan fingerprint density at radius 1 is 1.36 bits per heavy atom. The van der Waals surface area contributed by atoms with Gasteiger partial charge in [0.2, 0.25) is 11.5 Å². The summed E-state index contributed by atoms with van der Waals surface area (Å²) in [5, 5.41) is -0.344. The molecular weight excluding hydrogens is 471 g/mol. The van der Waals surface area contributed by atoms with Crippen molar-refractivity contribution in [2.45, 2.75) is 26.8 Å². The molecule has 0 aliphatic heterocycles. The molecule has 1 amide bonds. The molecule has 0 fully saturated rings. The monoisotopic (exact) mass is 496 g/mol. The molecule has 0 unspecified atom stereocenters. The Morgan fingerprint density at radius 2 is 2.09 bits per heavy atom. The van der Waals surface area contributed by atoms with Gasteiger partial charge in [-0.15, -0.1) is 0 Å². The van der Waals surface area contributed by atoms with Crippen LogP contribution in [0.15, 0.2) is 41.1 Å². The molecule has 4 N–H and O–H groups in total. The lowest BCUT2D eigenvalue weighted by molar-refractivity contribution is -0.116. The maximum Gasteiger partial charge on any atom is 0.469 e. The molecule has 0 spiro atoms. The second-order valence-electron chi connectivity index (χ2n) is 6.76. The lowest BCUT2D eigenvalue weighted by Gasteiger charge is -2.22. The molecule has 13 heteroatoms. The van der Waals surface area contributed by atoms with Crippen molar-refractivity contribution in [3.05, 3.63) is 58.0 Å². The van der Waals surface area contributed by atoms with Crippen LogP contribution >= 0.6 is 19.6 Å². The Kier molecular flexibility index (Phi) is 9.56. The summed E-state index contributed by atoms with van der Waals surface area (Å²) in [4.78, 5) is 52.5. The Balaban J connectivity index is 2.33. The van der Waals surface area contributed by atoms with Crippen molar-refractivity contribution in [2.24, 2.45) is 0 Å². The molecule has 0 aliphatic carbocycles. The first-order chi connectivity index (χ1) is 15.5. The first-order valence-electron chi connectivity index (χ1n) is 9.60. The summed E-state index contributed by atoms with van der Waals surface area (Å²) >= 11 is 0.826. The van der Waals surface area contributed by atoms with Crippen molar-refractivity contribution in [1.82, 2.24) is 14.9 Å². The van der Waals surface area contributed by atoms with Crippen LogP contribution in [0.1, 0.15) is 35.1 Å². The van der Waals surface area contributed by atoms with E-state index in [1.54, 1.807) is 38.1 Å². The number of carbonyl (C=O) groups is 2. The number of hydrogen-bond donors (Lipinski definition) is 3. The minimum absolute atomic E-state index is 0.0263. The number of amides is 1. The largest absolute Gasteiger partial charge is 0.497 e. The third-order valence-corrected chi connectivity index (χ3v) is 6.12. The van der Waals surface area contributed by atoms with Gasteiger partial charge in [0.15, 0.2) is 0 Å². The standard InChI is InChI=1S/C20H25N4O7PS/c1-13(24(12-25)11-16-10-22-14(2)23-19(16)21)18(7-8-31-32(27,28)29)33-20(26)15-5-4-6-17(9-15)30-3/h4-6,9-10,12H,7-8,11H2,1-3H3,(H2,21,22,23)(H2,27,28,29). The van der Waals surface area contributed by atoms with Gasteiger partial charge in [-0.2, -0.15) is 0 Å². The number of phosphoric ester groups is 1. The average Bonchev–Trinajstić information content (AvgIpc) is 2.76. The molecule has 2 aromatic rings. The summed E-state index contributed by atoms with van der Waals surface area (Å²) in [6.07, 6.45) is 2.04. The number of allylic oxidation sites excluding steroid dienone is 1. The molecule has 0 saturated heterocycles. The second-order valence-corrected chi connectivity index (χ2v) is 9.07. The van der Waals surface area contributed by atoms with Crippen molar-refractivity contribution < 1.29 is 33.2 Å². The topological polar surface area (TPSA) is 165 Å². The number of anilines is 1. The molecule has 0 bridgehead atoms. The first kappa shape index (κ1) is 26.5. The van der Waals surface area contributed by atoms with E-state index in [2.05, 4.69) is 14.5 Å². The molecular formula is C20H25N4O7PS. The third-order valence-electron chi connectivity index (χ3n) is 4.43. The number of nitrogens with zero attached hydrogens (tertiary/aromatic N) is 3. The fourth-order valence-corrected chi connectivity index (χ4v) is 3.94. The predicted octanol–water partition coefficient (Wildman–Crippen LogP) is 2.64. The van der Waals surface area contributed by atoms with Gasteiger partial charge >= 0.3 is 7.82 Å². The van der Waals surface area contributed by atoms with E-state index in [1.165, 1.54) is 18.2 Å². The molecule has 0 atom stereocenters. The summed E-state index contributed by atoms with van der Waals surface area (Å²) in [7, 11) is -3.22. The van der Waals surface area contributed by atoms with Crippen molar-refractivity contribution in [1.29, 1.82) is 0 Å². The Labute approximate surface area is 195 Å². The number of ether oxygens (including phenoxy) is 1. The Bertz CT molecular complexity index is 1090. The van der Waals surface area contributed by atoms with E-state index in [0.29, 0.717) is 39.7 Å². The quantitative estimate of drug-likeness (QED) is 0.309. The number of carbonyl (C=O) groups excluding carboxylic acids is 2. The zero-order valence-corrected chi connectivity index (χ0v) is 20.0. The molecule has 0 aliphatic rings. The first-order valence-corrected chi connectivity index (χ1v) is 11.9. The lowest BCUT2D eigenvalue weighted by atomic mass is 10.2. The highest BCUT2D eigenvalue weighted by Crippen LogP contribution is 2.37. The van der Waals surface area contributed by atoms with Crippen molar-refractivity contribution in [3.63, 3.8) is 0 Å². The van der Waals surface area contributed by atoms with E-state index in [1.807, 2.05) is 0 Å². The second kappa shape index (κ2) is 11.9. The summed E-state index contributed by atoms with van der Waals surface area (Å²) in [5.41, 5.74) is 7.17. The minimum atomic E-state index is -4.70. The van der Waals surface area contributed by atoms with Crippen LogP contribution in [0.5, 0.6) is 5.75 Å². The van der Waals surface area contributed by atoms with Gasteiger partial charge in [0, 0.05) is 34.3 Å². The number of nitrogen functional groups attached to an aromatic ring is 1. The van der Waals surface area contributed by atoms with E-state index < -0.39 is 7.82 Å². The average molecular weight is 496 g/mol. The maximum absolute atomic E-state index is 12.9. The highest BCUT2D eigenvalue weighted by atomic mass is 32.2. The van der Waals surface area contributed by atoms with Crippen LogP contribution in [0.3, 0.4) is 0 Å². The number of thioether (sulfide) groups is 1. The van der Waals surface area contributed by atoms with E-state index in [0.717, 1.165) is 11.8 Å². The number of phosphoric acid groups is 1. The smallest absolute Gasteiger partial charge is 0.469 e. The zero-order chi connectivity index (χ0) is 24.6. The number of hydrogen-bond acceptors (Lipinski definition) is 9. The van der Waals surface area contributed by atoms with Crippen molar-refractivity contribution in [2.75, 3.05) is 19.5 Å². The van der Waals surface area contributed by atoms with E-state index >= 15 is 0 Å². The number of nitrogens with two attached hydrogens (primary N) is 1. The predicted molar refractivity (Wildman–Crippen MR) is 123 cm³/mol. The van der Waals surface area contributed by atoms with Gasteiger partial charge in [-0.25, -0.2) is 14.5 Å². The molecule has 0 radical (unpaired) electrons. The van der Waals surface area contributed by atoms with E-state index in [9.17, 15) is 14.2 Å². The summed E-state index contributed by atoms with van der Waals surface area (Å²) in [5.74, 6) is 1.20. The van der Waals surface area contributed by atoms with E-state index in [-0.39, 0.29) is 30.5 Å². The van der Waals surface area contributed by atoms with Crippen molar-refractivity contribution >= 4 is 36.9 Å². The van der Waals surface area contributed by atoms with E-state index in [4.69, 9.17) is 20.3 Å². The number of methoxy groups -OCH3 is 1. The molecule has 33 heavy (non-hydrogen) atoms. The fourth-order valence-electron chi connectivity index (χ4n) is 2.70. The van der Waals surface area contributed by atoms with Crippen LogP contribution < -0.4 is 10.5 Å². The zero-order valence-electron chi connectivity index (χ0n) is 18.3. The van der Waals surface area contributed by atoms with Gasteiger partial charge in [0.1, 0.15) is 17.4 Å². The number of aromatic nitrogens is 2. The van der Waals surface area contributed by atoms with Crippen LogP contribution in [0.2, 0.25) is 0 Å². The molecule has 1 aromatic heterocycles. The molecule has 2 rings (SSSR count). The Morgan fingerprint density at radius 3 is 2.70 bits per heavy atom. The van der Waals surface area contributed by atoms with Crippen molar-refractivity contribution in [3.8, 4) is 5.75 Å². The van der Waals surface area contributed by atoms with Crippen LogP contribution in [0.4, 0.5) is 5.82 Å². The van der Waals surface area contributed by atoms with Crippen LogP contribution in [0.25, 0.3) is 0 Å². The lowest BCUT2D eigenvalue weighted by Crippen LogP contribution is -2.22. The Hall–Kier alpha value is -2.76. The molecule has 178 valence electrons. The summed E-state index contributed by atoms with van der Waals surface area (Å²) in [6.45, 7) is 2.97. The van der Waals surface area contributed by atoms with Gasteiger partial charge in [0.25, 0.3) is 0 Å². The number of aryl methyl sites for hydroxylation is 1. The van der Waals surface area contributed by atoms with Gasteiger partial charge in [-0.3, -0.25) is 14.1 Å². The van der Waals surface area contributed by atoms with Gasteiger partial charge in [-0.1, -0.05) is 12.1 Å². The van der Waals surface area contributed by atoms with Gasteiger partial charge in [0.05, 0.1) is 20.3 Å². The number of rotatable bonds is 11. The minimum Gasteiger partial charge on any atom is -0.497 e. The van der Waals surface area contributed by atoms with Crippen LogP contribution in [0, 0.1) is 6.92 Å². The molecule has 0 saturated carbocycles. The normalized spacial score (nSPS) is 12.2.